The van der Waals surface area contributed by atoms with E-state index in [1.807, 2.05) is 24.3 Å². The molecule has 0 bridgehead atoms. The summed E-state index contributed by atoms with van der Waals surface area (Å²) in [6, 6.07) is 72.7. The first-order valence-corrected chi connectivity index (χ1v) is 18.7. The fourth-order valence-corrected chi connectivity index (χ4v) is 8.30. The van der Waals surface area contributed by atoms with Crippen LogP contribution < -0.4 is 9.31 Å². The van der Waals surface area contributed by atoms with E-state index in [2.05, 4.69) is 182 Å². The van der Waals surface area contributed by atoms with Crippen molar-refractivity contribution in [2.45, 2.75) is 0 Å². The first-order valence-electron chi connectivity index (χ1n) is 18.7. The molecule has 0 spiro atoms. The fraction of sp³-hybridized carbons (Fsp3) is 0. The highest BCUT2D eigenvalue weighted by atomic mass is 16.6. The van der Waals surface area contributed by atoms with E-state index in [1.54, 1.807) is 0 Å². The lowest BCUT2D eigenvalue weighted by Crippen LogP contribution is -2.10. The van der Waals surface area contributed by atoms with E-state index < -0.39 is 0 Å². The molecule has 0 atom stereocenters. The van der Waals surface area contributed by atoms with Crippen molar-refractivity contribution in [2.75, 3.05) is 0 Å². The molecule has 0 heterocycles. The Labute approximate surface area is 321 Å². The van der Waals surface area contributed by atoms with Gasteiger partial charge in [-0.2, -0.15) is 0 Å². The summed E-state index contributed by atoms with van der Waals surface area (Å²) >= 11 is 0. The van der Waals surface area contributed by atoms with E-state index in [-0.39, 0.29) is 0 Å². The van der Waals surface area contributed by atoms with Gasteiger partial charge in [0.25, 0.3) is 0 Å². The maximum atomic E-state index is 6.19. The topological polar surface area (TPSA) is 18.5 Å². The van der Waals surface area contributed by atoms with Gasteiger partial charge < -0.3 is 9.31 Å². The second-order valence-electron chi connectivity index (χ2n) is 13.8. The lowest BCUT2D eigenvalue weighted by Gasteiger charge is -2.18. The Morgan fingerprint density at radius 2 is 0.491 bits per heavy atom. The van der Waals surface area contributed by atoms with E-state index in [0.29, 0.717) is 11.5 Å². The van der Waals surface area contributed by atoms with Crippen LogP contribution in [0.4, 0.5) is 0 Å². The second-order valence-corrected chi connectivity index (χ2v) is 13.8. The molecule has 0 saturated heterocycles. The largest absolute Gasteiger partial charge is 0.658 e. The molecule has 0 aliphatic rings. The summed E-state index contributed by atoms with van der Waals surface area (Å²) in [5, 5.41) is 9.68. The van der Waals surface area contributed by atoms with Gasteiger partial charge in [-0.25, -0.2) is 0 Å². The molecule has 0 unspecified atom stereocenters. The summed E-state index contributed by atoms with van der Waals surface area (Å²) in [6.07, 6.45) is 0. The smallest absolute Gasteiger partial charge is 0.526 e. The third-order valence-corrected chi connectivity index (χ3v) is 10.6. The zero-order chi connectivity index (χ0) is 36.6. The molecule has 10 aromatic carbocycles. The molecular weight excluding hydrogens is 667 g/mol. The lowest BCUT2D eigenvalue weighted by molar-refractivity contribution is 0.459. The molecule has 10 aromatic rings. The van der Waals surface area contributed by atoms with Crippen LogP contribution in [-0.4, -0.2) is 7.69 Å². The molecular formula is C52H34BO2. The van der Waals surface area contributed by atoms with Gasteiger partial charge in [0.05, 0.1) is 0 Å². The Morgan fingerprint density at radius 3 is 0.800 bits per heavy atom. The van der Waals surface area contributed by atoms with Gasteiger partial charge in [0, 0.05) is 0 Å². The van der Waals surface area contributed by atoms with Crippen LogP contribution in [0.25, 0.3) is 87.6 Å². The van der Waals surface area contributed by atoms with Crippen molar-refractivity contribution >= 4 is 50.8 Å². The van der Waals surface area contributed by atoms with Gasteiger partial charge in [0.1, 0.15) is 11.5 Å². The summed E-state index contributed by atoms with van der Waals surface area (Å²) in [5.41, 5.74) is 9.44. The summed E-state index contributed by atoms with van der Waals surface area (Å²) in [7, 11) is 1.43. The van der Waals surface area contributed by atoms with Crippen LogP contribution in [0, 0.1) is 0 Å². The Kier molecular flexibility index (Phi) is 8.31. The monoisotopic (exact) mass is 701 g/mol. The molecule has 0 aromatic heterocycles. The molecule has 2 nitrogen and oxygen atoms in total. The van der Waals surface area contributed by atoms with Gasteiger partial charge in [-0.05, 0) is 112 Å². The average molecular weight is 702 g/mol. The van der Waals surface area contributed by atoms with Crippen LogP contribution >= 0.6 is 0 Å². The Bertz CT molecular complexity index is 2690. The molecule has 10 rings (SSSR count). The number of rotatable bonds is 8. The van der Waals surface area contributed by atoms with Crippen LogP contribution in [0.15, 0.2) is 206 Å². The van der Waals surface area contributed by atoms with Crippen molar-refractivity contribution in [3.8, 4) is 56.0 Å². The summed E-state index contributed by atoms with van der Waals surface area (Å²) in [6.45, 7) is 0. The molecule has 0 saturated carbocycles. The zero-order valence-corrected chi connectivity index (χ0v) is 30.0. The molecule has 0 N–H and O–H groups in total. The number of fused-ring (bicyclic) bond motifs is 4. The van der Waals surface area contributed by atoms with Crippen molar-refractivity contribution in [3.05, 3.63) is 206 Å². The molecule has 1 radical (unpaired) electrons. The molecule has 0 aliphatic heterocycles. The van der Waals surface area contributed by atoms with Crippen molar-refractivity contribution in [2.24, 2.45) is 0 Å². The third kappa shape index (κ3) is 5.87. The average Bonchev–Trinajstić information content (AvgIpc) is 3.25. The second kappa shape index (κ2) is 14.0. The summed E-state index contributed by atoms with van der Waals surface area (Å²) < 4.78 is 12.4. The van der Waals surface area contributed by atoms with E-state index in [1.165, 1.54) is 84.2 Å². The van der Waals surface area contributed by atoms with Crippen molar-refractivity contribution in [1.29, 1.82) is 0 Å². The number of hydrogen-bond donors (Lipinski definition) is 0. The number of hydrogen-bond acceptors (Lipinski definition) is 2. The van der Waals surface area contributed by atoms with Gasteiger partial charge in [-0.15, -0.1) is 0 Å². The Morgan fingerprint density at radius 1 is 0.236 bits per heavy atom. The van der Waals surface area contributed by atoms with Crippen LogP contribution in [0.1, 0.15) is 0 Å². The first kappa shape index (κ1) is 32.5. The summed E-state index contributed by atoms with van der Waals surface area (Å²) in [4.78, 5) is 0. The van der Waals surface area contributed by atoms with Gasteiger partial charge in [-0.1, -0.05) is 182 Å². The zero-order valence-electron chi connectivity index (χ0n) is 30.0. The number of benzene rings is 10. The maximum absolute atomic E-state index is 6.19. The van der Waals surface area contributed by atoms with Crippen LogP contribution in [0.3, 0.4) is 0 Å². The van der Waals surface area contributed by atoms with E-state index in [9.17, 15) is 0 Å². The minimum atomic E-state index is 0.697. The Balaban J connectivity index is 0.980. The van der Waals surface area contributed by atoms with Crippen LogP contribution in [0.5, 0.6) is 11.5 Å². The van der Waals surface area contributed by atoms with Crippen LogP contribution in [-0.2, 0) is 0 Å². The van der Waals surface area contributed by atoms with E-state index in [4.69, 9.17) is 9.31 Å². The van der Waals surface area contributed by atoms with E-state index >= 15 is 0 Å². The molecule has 0 amide bonds. The SMILES string of the molecule is [B](Oc1cccc(-c2c3ccccc3c(-c3ccccc3)c3ccccc23)c1)Oc1cccc(-c2c3ccccc3c(-c3ccccc3)c3ccccc23)c1. The predicted molar refractivity (Wildman–Crippen MR) is 232 cm³/mol. The minimum absolute atomic E-state index is 0.697. The van der Waals surface area contributed by atoms with Gasteiger partial charge >= 0.3 is 7.69 Å². The highest BCUT2D eigenvalue weighted by Gasteiger charge is 2.18. The summed E-state index contributed by atoms with van der Waals surface area (Å²) in [5.74, 6) is 1.39. The molecule has 0 aliphatic carbocycles. The maximum Gasteiger partial charge on any atom is 0.658 e. The lowest BCUT2D eigenvalue weighted by atomic mass is 9.86. The van der Waals surface area contributed by atoms with Crippen molar-refractivity contribution in [1.82, 2.24) is 0 Å². The first-order chi connectivity index (χ1) is 27.3. The highest BCUT2D eigenvalue weighted by molar-refractivity contribution is 6.23. The molecule has 257 valence electrons. The molecule has 55 heavy (non-hydrogen) atoms. The van der Waals surface area contributed by atoms with E-state index in [0.717, 1.165) is 11.1 Å². The van der Waals surface area contributed by atoms with Gasteiger partial charge in [0.2, 0.25) is 0 Å². The van der Waals surface area contributed by atoms with Crippen LogP contribution in [0.2, 0.25) is 0 Å². The Hall–Kier alpha value is -7.10. The highest BCUT2D eigenvalue weighted by Crippen LogP contribution is 2.45. The molecule has 3 heteroatoms. The minimum Gasteiger partial charge on any atom is -0.526 e. The third-order valence-electron chi connectivity index (χ3n) is 10.6. The van der Waals surface area contributed by atoms with Gasteiger partial charge in [0.15, 0.2) is 0 Å². The normalized spacial score (nSPS) is 11.3. The van der Waals surface area contributed by atoms with Gasteiger partial charge in [-0.3, -0.25) is 0 Å². The fourth-order valence-electron chi connectivity index (χ4n) is 8.30. The predicted octanol–water partition coefficient (Wildman–Crippen LogP) is 14.0. The quantitative estimate of drug-likeness (QED) is 0.116. The van der Waals surface area contributed by atoms with Crippen molar-refractivity contribution < 1.29 is 9.31 Å². The molecule has 0 fully saturated rings. The van der Waals surface area contributed by atoms with Crippen molar-refractivity contribution in [3.63, 3.8) is 0 Å². The standard InChI is InChI=1S/C52H34BO2/c1-3-17-35(18-4-1)49-41-25-7-11-29-45(41)51(46-30-12-8-26-42(46)49)37-21-15-23-39(33-37)54-53-55-40-24-16-22-38(34-40)52-47-31-13-9-27-43(47)50(36-19-5-2-6-20-36)44-28-10-14-32-48(44)52/h1-34H.